The highest BCUT2D eigenvalue weighted by Gasteiger charge is 2.26. The average molecular weight is 457 g/mol. The Kier molecular flexibility index (Phi) is 7.02. The van der Waals surface area contributed by atoms with Crippen molar-refractivity contribution in [1.82, 2.24) is 15.3 Å². The van der Waals surface area contributed by atoms with Gasteiger partial charge in [-0.25, -0.2) is 14.4 Å². The molecule has 33 heavy (non-hydrogen) atoms. The molecule has 2 aliphatic rings. The SMILES string of the molecule is CC1CN(c2ccc(NC(=O)C(=O)NC3CCN(c4ncccn4)CC3)cc2F)CC(C)O1. The highest BCUT2D eigenvalue weighted by molar-refractivity contribution is 6.39. The quantitative estimate of drug-likeness (QED) is 0.679. The molecule has 2 amide bonds. The number of halogens is 1. The lowest BCUT2D eigenvalue weighted by molar-refractivity contribution is -0.136. The summed E-state index contributed by atoms with van der Waals surface area (Å²) in [6.07, 6.45) is 4.75. The van der Waals surface area contributed by atoms with Gasteiger partial charge in [-0.05, 0) is 51.0 Å². The summed E-state index contributed by atoms with van der Waals surface area (Å²) >= 11 is 0. The monoisotopic (exact) mass is 456 g/mol. The normalized spacial score (nSPS) is 21.5. The number of anilines is 3. The summed E-state index contributed by atoms with van der Waals surface area (Å²) in [7, 11) is 0. The largest absolute Gasteiger partial charge is 0.372 e. The van der Waals surface area contributed by atoms with E-state index in [4.69, 9.17) is 4.74 Å². The van der Waals surface area contributed by atoms with Crippen molar-refractivity contribution in [2.24, 2.45) is 0 Å². The summed E-state index contributed by atoms with van der Waals surface area (Å²) in [5.41, 5.74) is 0.690. The average Bonchev–Trinajstić information content (AvgIpc) is 2.79. The van der Waals surface area contributed by atoms with Crippen molar-refractivity contribution in [3.8, 4) is 0 Å². The molecule has 2 unspecified atom stereocenters. The number of nitrogens with one attached hydrogen (secondary N) is 2. The van der Waals surface area contributed by atoms with E-state index in [0.29, 0.717) is 50.7 Å². The maximum Gasteiger partial charge on any atom is 0.313 e. The molecule has 10 heteroatoms. The van der Waals surface area contributed by atoms with Crippen molar-refractivity contribution in [1.29, 1.82) is 0 Å². The van der Waals surface area contributed by atoms with Crippen LogP contribution in [-0.4, -0.2) is 66.2 Å². The fraction of sp³-hybridized carbons (Fsp3) is 0.478. The number of rotatable bonds is 4. The minimum Gasteiger partial charge on any atom is -0.372 e. The minimum atomic E-state index is -0.815. The molecule has 2 aliphatic heterocycles. The molecule has 1 aromatic heterocycles. The van der Waals surface area contributed by atoms with Gasteiger partial charge in [0.15, 0.2) is 0 Å². The van der Waals surface area contributed by atoms with Crippen LogP contribution in [0.2, 0.25) is 0 Å². The second-order valence-electron chi connectivity index (χ2n) is 8.57. The number of morpholine rings is 1. The van der Waals surface area contributed by atoms with Crippen LogP contribution in [0.3, 0.4) is 0 Å². The Morgan fingerprint density at radius 1 is 1.03 bits per heavy atom. The number of hydrogen-bond acceptors (Lipinski definition) is 7. The summed E-state index contributed by atoms with van der Waals surface area (Å²) in [5.74, 6) is -1.34. The molecular formula is C23H29FN6O3. The fourth-order valence-electron chi connectivity index (χ4n) is 4.33. The highest BCUT2D eigenvalue weighted by atomic mass is 19.1. The van der Waals surface area contributed by atoms with Crippen LogP contribution in [0.5, 0.6) is 0 Å². The van der Waals surface area contributed by atoms with Crippen molar-refractivity contribution < 1.29 is 18.7 Å². The van der Waals surface area contributed by atoms with Gasteiger partial charge >= 0.3 is 11.8 Å². The van der Waals surface area contributed by atoms with Crippen LogP contribution >= 0.6 is 0 Å². The van der Waals surface area contributed by atoms with E-state index in [9.17, 15) is 14.0 Å². The van der Waals surface area contributed by atoms with E-state index >= 15 is 0 Å². The number of carbonyl (C=O) groups excluding carboxylic acids is 2. The van der Waals surface area contributed by atoms with Crippen molar-refractivity contribution >= 4 is 29.1 Å². The molecule has 0 aliphatic carbocycles. The third-order valence-corrected chi connectivity index (χ3v) is 5.84. The zero-order chi connectivity index (χ0) is 23.4. The third kappa shape index (κ3) is 5.75. The lowest BCUT2D eigenvalue weighted by Crippen LogP contribution is -2.48. The molecule has 9 nitrogen and oxygen atoms in total. The highest BCUT2D eigenvalue weighted by Crippen LogP contribution is 2.26. The predicted octanol–water partition coefficient (Wildman–Crippen LogP) is 1.95. The van der Waals surface area contributed by atoms with Crippen LogP contribution in [0, 0.1) is 5.82 Å². The van der Waals surface area contributed by atoms with Gasteiger partial charge < -0.3 is 25.2 Å². The van der Waals surface area contributed by atoms with Crippen molar-refractivity contribution in [3.05, 3.63) is 42.5 Å². The van der Waals surface area contributed by atoms with E-state index in [1.165, 1.54) is 6.07 Å². The molecular weight excluding hydrogens is 427 g/mol. The second-order valence-corrected chi connectivity index (χ2v) is 8.57. The molecule has 2 N–H and O–H groups in total. The Morgan fingerprint density at radius 3 is 2.33 bits per heavy atom. The van der Waals surface area contributed by atoms with E-state index in [1.807, 2.05) is 23.6 Å². The van der Waals surface area contributed by atoms with E-state index in [2.05, 4.69) is 20.6 Å². The Balaban J connectivity index is 1.28. The summed E-state index contributed by atoms with van der Waals surface area (Å²) in [5, 5.41) is 5.25. The first-order chi connectivity index (χ1) is 15.9. The molecule has 2 fully saturated rings. The number of piperidine rings is 1. The number of nitrogens with zero attached hydrogens (tertiary/aromatic N) is 4. The second kappa shape index (κ2) is 10.1. The van der Waals surface area contributed by atoms with Gasteiger partial charge in [0.2, 0.25) is 5.95 Å². The van der Waals surface area contributed by atoms with Gasteiger partial charge in [-0.1, -0.05) is 0 Å². The maximum absolute atomic E-state index is 14.7. The van der Waals surface area contributed by atoms with Gasteiger partial charge in [-0.2, -0.15) is 0 Å². The zero-order valence-electron chi connectivity index (χ0n) is 18.8. The van der Waals surface area contributed by atoms with Crippen LogP contribution in [-0.2, 0) is 14.3 Å². The topological polar surface area (TPSA) is 99.7 Å². The number of benzene rings is 1. The summed E-state index contributed by atoms with van der Waals surface area (Å²) in [6, 6.07) is 6.11. The van der Waals surface area contributed by atoms with Gasteiger partial charge in [0.25, 0.3) is 0 Å². The zero-order valence-corrected chi connectivity index (χ0v) is 18.8. The minimum absolute atomic E-state index is 0.00307. The maximum atomic E-state index is 14.7. The van der Waals surface area contributed by atoms with Gasteiger partial charge in [-0.15, -0.1) is 0 Å². The molecule has 4 rings (SSSR count). The van der Waals surface area contributed by atoms with Crippen molar-refractivity contribution in [2.45, 2.75) is 44.9 Å². The fourth-order valence-corrected chi connectivity index (χ4v) is 4.33. The van der Waals surface area contributed by atoms with Crippen LogP contribution in [0.15, 0.2) is 36.7 Å². The lowest BCUT2D eigenvalue weighted by Gasteiger charge is -2.37. The number of carbonyl (C=O) groups is 2. The predicted molar refractivity (Wildman–Crippen MR) is 123 cm³/mol. The number of amides is 2. The van der Waals surface area contributed by atoms with Crippen LogP contribution < -0.4 is 20.4 Å². The van der Waals surface area contributed by atoms with E-state index in [-0.39, 0.29) is 23.9 Å². The van der Waals surface area contributed by atoms with Crippen LogP contribution in [0.4, 0.5) is 21.7 Å². The first-order valence-electron chi connectivity index (χ1n) is 11.2. The number of aromatic nitrogens is 2. The summed E-state index contributed by atoms with van der Waals surface area (Å²) in [4.78, 5) is 37.2. The molecule has 1 aromatic carbocycles. The summed E-state index contributed by atoms with van der Waals surface area (Å²) < 4.78 is 20.4. The van der Waals surface area contributed by atoms with Gasteiger partial charge in [0.1, 0.15) is 5.82 Å². The molecule has 2 saturated heterocycles. The third-order valence-electron chi connectivity index (χ3n) is 5.84. The Bertz CT molecular complexity index is 973. The van der Waals surface area contributed by atoms with Gasteiger partial charge in [0.05, 0.1) is 17.9 Å². The van der Waals surface area contributed by atoms with E-state index < -0.39 is 17.6 Å². The molecule has 0 bridgehead atoms. The molecule has 0 saturated carbocycles. The van der Waals surface area contributed by atoms with Gasteiger partial charge in [0, 0.05) is 50.3 Å². The van der Waals surface area contributed by atoms with Gasteiger partial charge in [-0.3, -0.25) is 9.59 Å². The molecule has 176 valence electrons. The van der Waals surface area contributed by atoms with Crippen LogP contribution in [0.25, 0.3) is 0 Å². The summed E-state index contributed by atoms with van der Waals surface area (Å²) in [6.45, 7) is 6.44. The smallest absolute Gasteiger partial charge is 0.313 e. The molecule has 2 atom stereocenters. The molecule has 0 radical (unpaired) electrons. The molecule has 0 spiro atoms. The Hall–Kier alpha value is -3.27. The van der Waals surface area contributed by atoms with E-state index in [0.717, 1.165) is 0 Å². The number of ether oxygens (including phenoxy) is 1. The lowest BCUT2D eigenvalue weighted by atomic mass is 10.1. The standard InChI is InChI=1S/C23H29FN6O3/c1-15-13-30(14-16(2)33-15)20-5-4-18(12-19(20)24)28-22(32)21(31)27-17-6-10-29(11-7-17)23-25-8-3-9-26-23/h3-5,8-9,12,15-17H,6-7,10-11,13-14H2,1-2H3,(H,27,31)(H,28,32). The first kappa shape index (κ1) is 22.9. The van der Waals surface area contributed by atoms with Crippen molar-refractivity contribution in [2.75, 3.05) is 41.3 Å². The van der Waals surface area contributed by atoms with E-state index in [1.54, 1.807) is 30.6 Å². The van der Waals surface area contributed by atoms with Crippen LogP contribution in [0.1, 0.15) is 26.7 Å². The molecule has 3 heterocycles. The molecule has 2 aromatic rings. The first-order valence-corrected chi connectivity index (χ1v) is 11.2. The Morgan fingerprint density at radius 2 is 1.70 bits per heavy atom. The Labute approximate surface area is 192 Å². The van der Waals surface area contributed by atoms with Crippen molar-refractivity contribution in [3.63, 3.8) is 0 Å². The number of hydrogen-bond donors (Lipinski definition) is 2.